The average Bonchev–Trinajstić information content (AvgIpc) is 3.25. The first-order valence-electron chi connectivity index (χ1n) is 7.50. The van der Waals surface area contributed by atoms with Gasteiger partial charge in [-0.1, -0.05) is 0 Å². The van der Waals surface area contributed by atoms with Crippen LogP contribution in [-0.4, -0.2) is 60.4 Å². The smallest absolute Gasteiger partial charge is 0.236 e. The third kappa shape index (κ3) is 4.20. The Kier molecular flexibility index (Phi) is 5.19. The van der Waals surface area contributed by atoms with Crippen LogP contribution in [0.15, 0.2) is 0 Å². The molecule has 108 valence electrons. The lowest BCUT2D eigenvalue weighted by molar-refractivity contribution is -0.132. The van der Waals surface area contributed by atoms with Crippen molar-refractivity contribution in [3.05, 3.63) is 0 Å². The second-order valence-corrected chi connectivity index (χ2v) is 5.46. The summed E-state index contributed by atoms with van der Waals surface area (Å²) in [6, 6.07) is 0.456. The van der Waals surface area contributed by atoms with Gasteiger partial charge in [0.15, 0.2) is 0 Å². The molecule has 0 aromatic rings. The maximum absolute atomic E-state index is 12.0. The van der Waals surface area contributed by atoms with E-state index in [9.17, 15) is 9.59 Å². The molecule has 5 nitrogen and oxygen atoms in total. The summed E-state index contributed by atoms with van der Waals surface area (Å²) in [5, 5.41) is 3.00. The maximum Gasteiger partial charge on any atom is 0.236 e. The van der Waals surface area contributed by atoms with Crippen LogP contribution >= 0.6 is 0 Å². The summed E-state index contributed by atoms with van der Waals surface area (Å²) < 4.78 is 0. The number of likely N-dealkylation sites (N-methyl/N-ethyl adjacent to an activating group) is 1. The highest BCUT2D eigenvalue weighted by Crippen LogP contribution is 2.26. The van der Waals surface area contributed by atoms with Gasteiger partial charge in [-0.05, 0) is 39.0 Å². The highest BCUT2D eigenvalue weighted by molar-refractivity contribution is 5.81. The van der Waals surface area contributed by atoms with Gasteiger partial charge in [0.1, 0.15) is 0 Å². The number of amides is 2. The molecular formula is C14H25N3O2. The van der Waals surface area contributed by atoms with Gasteiger partial charge < -0.3 is 9.80 Å². The van der Waals surface area contributed by atoms with Crippen LogP contribution < -0.4 is 5.32 Å². The Morgan fingerprint density at radius 1 is 1.16 bits per heavy atom. The van der Waals surface area contributed by atoms with E-state index in [0.717, 1.165) is 45.3 Å². The van der Waals surface area contributed by atoms with E-state index in [1.54, 1.807) is 0 Å². The lowest BCUT2D eigenvalue weighted by Gasteiger charge is -2.27. The number of piperidine rings is 1. The fourth-order valence-electron chi connectivity index (χ4n) is 2.66. The summed E-state index contributed by atoms with van der Waals surface area (Å²) in [5.74, 6) is 0.249. The van der Waals surface area contributed by atoms with E-state index in [0.29, 0.717) is 6.04 Å². The number of carbonyl (C=O) groups excluding carboxylic acids is 2. The Balaban J connectivity index is 1.64. The van der Waals surface area contributed by atoms with E-state index in [1.165, 1.54) is 6.42 Å². The van der Waals surface area contributed by atoms with Crippen molar-refractivity contribution >= 4 is 11.8 Å². The average molecular weight is 267 g/mol. The van der Waals surface area contributed by atoms with Gasteiger partial charge in [0, 0.05) is 25.7 Å². The van der Waals surface area contributed by atoms with E-state index >= 15 is 0 Å². The van der Waals surface area contributed by atoms with Crippen LogP contribution in [0, 0.1) is 0 Å². The van der Waals surface area contributed by atoms with E-state index in [4.69, 9.17) is 0 Å². The van der Waals surface area contributed by atoms with Gasteiger partial charge in [-0.25, -0.2) is 0 Å². The summed E-state index contributed by atoms with van der Waals surface area (Å²) in [6.45, 7) is 5.09. The third-order valence-electron chi connectivity index (χ3n) is 3.91. The van der Waals surface area contributed by atoms with Crippen molar-refractivity contribution in [3.8, 4) is 0 Å². The standard InChI is InChI=1S/C14H25N3O2/c1-2-17(12-6-7-12)14(19)11-15-10-13(18)16-8-4-3-5-9-16/h12,15H,2-11H2,1H3. The van der Waals surface area contributed by atoms with Gasteiger partial charge in [0.2, 0.25) is 11.8 Å². The minimum absolute atomic E-state index is 0.122. The maximum atomic E-state index is 12.0. The normalized spacial score (nSPS) is 19.3. The zero-order valence-corrected chi connectivity index (χ0v) is 11.9. The first-order valence-corrected chi connectivity index (χ1v) is 7.50. The number of rotatable bonds is 6. The fraction of sp³-hybridized carbons (Fsp3) is 0.857. The van der Waals surface area contributed by atoms with E-state index in [-0.39, 0.29) is 24.9 Å². The molecule has 2 amide bonds. The molecule has 19 heavy (non-hydrogen) atoms. The van der Waals surface area contributed by atoms with Crippen LogP contribution in [0.4, 0.5) is 0 Å². The highest BCUT2D eigenvalue weighted by atomic mass is 16.2. The largest absolute Gasteiger partial charge is 0.342 e. The van der Waals surface area contributed by atoms with Crippen molar-refractivity contribution in [2.24, 2.45) is 0 Å². The van der Waals surface area contributed by atoms with Crippen molar-refractivity contribution in [1.29, 1.82) is 0 Å². The molecule has 2 fully saturated rings. The number of nitrogens with zero attached hydrogens (tertiary/aromatic N) is 2. The topological polar surface area (TPSA) is 52.7 Å². The Morgan fingerprint density at radius 3 is 2.42 bits per heavy atom. The second kappa shape index (κ2) is 6.89. The van der Waals surface area contributed by atoms with Gasteiger partial charge >= 0.3 is 0 Å². The van der Waals surface area contributed by atoms with Gasteiger partial charge in [-0.15, -0.1) is 0 Å². The van der Waals surface area contributed by atoms with Gasteiger partial charge in [0.25, 0.3) is 0 Å². The molecule has 0 aromatic heterocycles. The molecule has 1 N–H and O–H groups in total. The first-order chi connectivity index (χ1) is 9.22. The molecule has 1 heterocycles. The lowest BCUT2D eigenvalue weighted by atomic mass is 10.1. The number of hydrogen-bond acceptors (Lipinski definition) is 3. The molecule has 1 aliphatic carbocycles. The Morgan fingerprint density at radius 2 is 1.84 bits per heavy atom. The molecule has 0 unspecified atom stereocenters. The molecular weight excluding hydrogens is 242 g/mol. The minimum Gasteiger partial charge on any atom is -0.342 e. The predicted molar refractivity (Wildman–Crippen MR) is 73.7 cm³/mol. The van der Waals surface area contributed by atoms with Crippen molar-refractivity contribution in [2.75, 3.05) is 32.7 Å². The van der Waals surface area contributed by atoms with Crippen molar-refractivity contribution < 1.29 is 9.59 Å². The first kappa shape index (κ1) is 14.3. The minimum atomic E-state index is 0.122. The molecule has 0 aromatic carbocycles. The molecule has 1 saturated carbocycles. The van der Waals surface area contributed by atoms with Gasteiger partial charge in [-0.2, -0.15) is 0 Å². The molecule has 0 spiro atoms. The number of hydrogen-bond donors (Lipinski definition) is 1. The van der Waals surface area contributed by atoms with Crippen molar-refractivity contribution in [3.63, 3.8) is 0 Å². The van der Waals surface area contributed by atoms with Gasteiger partial charge in [0.05, 0.1) is 13.1 Å². The summed E-state index contributed by atoms with van der Waals surface area (Å²) in [5.41, 5.74) is 0. The molecule has 2 rings (SSSR count). The third-order valence-corrected chi connectivity index (χ3v) is 3.91. The Hall–Kier alpha value is -1.10. The summed E-state index contributed by atoms with van der Waals surface area (Å²) in [6.07, 6.45) is 5.70. The highest BCUT2D eigenvalue weighted by Gasteiger charge is 2.30. The molecule has 0 radical (unpaired) electrons. The summed E-state index contributed by atoms with van der Waals surface area (Å²) in [7, 11) is 0. The van der Waals surface area contributed by atoms with Crippen LogP contribution in [0.5, 0.6) is 0 Å². The Labute approximate surface area is 115 Å². The van der Waals surface area contributed by atoms with E-state index in [1.807, 2.05) is 16.7 Å². The van der Waals surface area contributed by atoms with E-state index < -0.39 is 0 Å². The molecule has 1 saturated heterocycles. The SMILES string of the molecule is CCN(C(=O)CNCC(=O)N1CCCCC1)C1CC1. The monoisotopic (exact) mass is 267 g/mol. The second-order valence-electron chi connectivity index (χ2n) is 5.46. The van der Waals surface area contributed by atoms with E-state index in [2.05, 4.69) is 5.32 Å². The van der Waals surface area contributed by atoms with Crippen LogP contribution in [-0.2, 0) is 9.59 Å². The van der Waals surface area contributed by atoms with Crippen LogP contribution in [0.3, 0.4) is 0 Å². The van der Waals surface area contributed by atoms with Crippen molar-refractivity contribution in [2.45, 2.75) is 45.1 Å². The van der Waals surface area contributed by atoms with Crippen LogP contribution in [0.1, 0.15) is 39.0 Å². The summed E-state index contributed by atoms with van der Waals surface area (Å²) in [4.78, 5) is 27.7. The molecule has 5 heteroatoms. The molecule has 1 aliphatic heterocycles. The molecule has 0 atom stereocenters. The zero-order valence-electron chi connectivity index (χ0n) is 11.9. The number of likely N-dealkylation sites (tertiary alicyclic amines) is 1. The fourth-order valence-corrected chi connectivity index (χ4v) is 2.66. The van der Waals surface area contributed by atoms with Crippen LogP contribution in [0.2, 0.25) is 0 Å². The Bertz CT molecular complexity index is 323. The zero-order chi connectivity index (χ0) is 13.7. The van der Waals surface area contributed by atoms with Gasteiger partial charge in [-0.3, -0.25) is 14.9 Å². The van der Waals surface area contributed by atoms with Crippen LogP contribution in [0.25, 0.3) is 0 Å². The van der Waals surface area contributed by atoms with Crippen molar-refractivity contribution in [1.82, 2.24) is 15.1 Å². The number of carbonyl (C=O) groups is 2. The number of nitrogens with one attached hydrogen (secondary N) is 1. The molecule has 0 bridgehead atoms. The quantitative estimate of drug-likeness (QED) is 0.767. The summed E-state index contributed by atoms with van der Waals surface area (Å²) >= 11 is 0. The predicted octanol–water partition coefficient (Wildman–Crippen LogP) is 0.599. The molecule has 2 aliphatic rings. The lowest BCUT2D eigenvalue weighted by Crippen LogP contribution is -2.44.